The Morgan fingerprint density at radius 1 is 1.19 bits per heavy atom. The van der Waals surface area contributed by atoms with Gasteiger partial charge in [-0.05, 0) is 45.0 Å². The predicted molar refractivity (Wildman–Crippen MR) is 128 cm³/mol. The van der Waals surface area contributed by atoms with Gasteiger partial charge in [-0.25, -0.2) is 0 Å². The van der Waals surface area contributed by atoms with Crippen LogP contribution >= 0.6 is 12.4 Å². The molecular formula is C23H32ClN3O5. The highest BCUT2D eigenvalue weighted by Crippen LogP contribution is 2.36. The lowest BCUT2D eigenvalue weighted by molar-refractivity contribution is 0.0946. The van der Waals surface area contributed by atoms with Crippen LogP contribution in [0, 0.1) is 0 Å². The molecule has 1 aromatic heterocycles. The van der Waals surface area contributed by atoms with Crippen molar-refractivity contribution in [2.45, 2.75) is 32.2 Å². The Kier molecular flexibility index (Phi) is 9.41. The lowest BCUT2D eigenvalue weighted by Gasteiger charge is -2.26. The van der Waals surface area contributed by atoms with Crippen molar-refractivity contribution in [2.24, 2.45) is 0 Å². The van der Waals surface area contributed by atoms with Crippen molar-refractivity contribution in [3.63, 3.8) is 0 Å². The number of ether oxygens (including phenoxy) is 2. The molecule has 8 nitrogen and oxygen atoms in total. The van der Waals surface area contributed by atoms with E-state index < -0.39 is 11.5 Å². The maximum Gasteiger partial charge on any atom is 0.268 e. The second-order valence-electron chi connectivity index (χ2n) is 7.66. The van der Waals surface area contributed by atoms with Gasteiger partial charge in [0.05, 0.1) is 19.7 Å². The van der Waals surface area contributed by atoms with E-state index in [0.717, 1.165) is 26.1 Å². The van der Waals surface area contributed by atoms with Gasteiger partial charge in [0.25, 0.3) is 11.5 Å². The summed E-state index contributed by atoms with van der Waals surface area (Å²) in [4.78, 5) is 28.3. The number of fused-ring (bicyclic) bond motifs is 1. The normalized spacial score (nSPS) is 13.9. The lowest BCUT2D eigenvalue weighted by atomic mass is 10.1. The van der Waals surface area contributed by atoms with E-state index in [1.54, 1.807) is 18.2 Å². The van der Waals surface area contributed by atoms with Crippen molar-refractivity contribution in [1.82, 2.24) is 14.8 Å². The molecule has 0 saturated carbocycles. The van der Waals surface area contributed by atoms with Crippen molar-refractivity contribution in [3.8, 4) is 17.2 Å². The fourth-order valence-corrected chi connectivity index (χ4v) is 4.05. The molecular weight excluding hydrogens is 434 g/mol. The average Bonchev–Trinajstić information content (AvgIpc) is 2.79. The minimum absolute atomic E-state index is 0. The number of hydrogen-bond acceptors (Lipinski definition) is 6. The highest BCUT2D eigenvalue weighted by molar-refractivity contribution is 6.03. The first-order valence-corrected chi connectivity index (χ1v) is 10.6. The first-order chi connectivity index (χ1) is 15.0. The van der Waals surface area contributed by atoms with Crippen molar-refractivity contribution < 1.29 is 19.4 Å². The summed E-state index contributed by atoms with van der Waals surface area (Å²) in [7, 11) is 2.97. The van der Waals surface area contributed by atoms with E-state index in [9.17, 15) is 14.7 Å². The summed E-state index contributed by atoms with van der Waals surface area (Å²) >= 11 is 0. The number of halogens is 1. The third-order valence-corrected chi connectivity index (χ3v) is 5.67. The van der Waals surface area contributed by atoms with Gasteiger partial charge < -0.3 is 29.4 Å². The number of likely N-dealkylation sites (tertiary alicyclic amines) is 1. The molecule has 1 aliphatic rings. The number of piperidine rings is 1. The summed E-state index contributed by atoms with van der Waals surface area (Å²) in [6.07, 6.45) is 6.06. The number of aromatic nitrogens is 1. The Morgan fingerprint density at radius 2 is 1.84 bits per heavy atom. The molecule has 1 aliphatic heterocycles. The second-order valence-corrected chi connectivity index (χ2v) is 7.66. The van der Waals surface area contributed by atoms with Gasteiger partial charge in [-0.15, -0.1) is 19.0 Å². The van der Waals surface area contributed by atoms with Crippen LogP contribution in [0.4, 0.5) is 0 Å². The molecule has 1 fully saturated rings. The molecule has 0 atom stereocenters. The number of allylic oxidation sites excluding steroid dienone is 1. The number of carbonyl (C=O) groups is 1. The fourth-order valence-electron chi connectivity index (χ4n) is 4.05. The Hall–Kier alpha value is -2.71. The number of carbonyl (C=O) groups excluding carboxylic acids is 1. The molecule has 1 saturated heterocycles. The number of nitrogens with zero attached hydrogens (tertiary/aromatic N) is 2. The minimum atomic E-state index is -0.587. The summed E-state index contributed by atoms with van der Waals surface area (Å²) in [6.45, 7) is 7.40. The minimum Gasteiger partial charge on any atom is -0.506 e. The van der Waals surface area contributed by atoms with E-state index in [1.807, 2.05) is 0 Å². The molecule has 176 valence electrons. The number of methoxy groups -OCH3 is 2. The zero-order valence-corrected chi connectivity index (χ0v) is 19.5. The van der Waals surface area contributed by atoms with Gasteiger partial charge in [0.15, 0.2) is 11.5 Å². The third kappa shape index (κ3) is 5.37. The van der Waals surface area contributed by atoms with Crippen LogP contribution in [0.1, 0.15) is 36.0 Å². The van der Waals surface area contributed by atoms with Crippen molar-refractivity contribution in [1.29, 1.82) is 0 Å². The summed E-state index contributed by atoms with van der Waals surface area (Å²) in [6, 6.07) is 3.18. The van der Waals surface area contributed by atoms with E-state index in [-0.39, 0.29) is 30.3 Å². The highest BCUT2D eigenvalue weighted by Gasteiger charge is 2.23. The van der Waals surface area contributed by atoms with E-state index in [1.165, 1.54) is 38.0 Å². The Balaban J connectivity index is 0.00000363. The molecule has 9 heteroatoms. The van der Waals surface area contributed by atoms with Crippen molar-refractivity contribution >= 4 is 29.2 Å². The van der Waals surface area contributed by atoms with Gasteiger partial charge in [-0.3, -0.25) is 9.59 Å². The maximum absolute atomic E-state index is 13.1. The van der Waals surface area contributed by atoms with Crippen LogP contribution < -0.4 is 20.3 Å². The summed E-state index contributed by atoms with van der Waals surface area (Å²) < 4.78 is 12.0. The average molecular weight is 466 g/mol. The number of hydrogen-bond donors (Lipinski definition) is 2. The maximum atomic E-state index is 13.1. The molecule has 0 unspecified atom stereocenters. The molecule has 3 rings (SSSR count). The monoisotopic (exact) mass is 465 g/mol. The smallest absolute Gasteiger partial charge is 0.268 e. The van der Waals surface area contributed by atoms with Crippen molar-refractivity contribution in [2.75, 3.05) is 40.4 Å². The number of pyridine rings is 1. The predicted octanol–water partition coefficient (Wildman–Crippen LogP) is 2.94. The SMILES string of the molecule is C=CCn1c(=O)c(C(=O)NCCCN2CCCCC2)c(O)c2cc(OC)c(OC)cc21.Cl. The molecule has 0 radical (unpaired) electrons. The topological polar surface area (TPSA) is 93.0 Å². The zero-order chi connectivity index (χ0) is 22.4. The molecule has 32 heavy (non-hydrogen) atoms. The van der Waals surface area contributed by atoms with E-state index in [0.29, 0.717) is 28.9 Å². The standard InChI is InChI=1S/C23H31N3O5.ClH/c1-4-10-26-17-15-19(31-3)18(30-2)14-16(17)21(27)20(23(26)29)22(28)24-9-8-13-25-11-6-5-7-12-25;/h4,14-15,27H,1,5-13H2,2-3H3,(H,24,28);1H. The summed E-state index contributed by atoms with van der Waals surface area (Å²) in [5, 5.41) is 13.9. The fraction of sp³-hybridized carbons (Fsp3) is 0.478. The summed E-state index contributed by atoms with van der Waals surface area (Å²) in [5.41, 5.74) is -0.424. The zero-order valence-electron chi connectivity index (χ0n) is 18.7. The van der Waals surface area contributed by atoms with Crippen LogP contribution in [0.2, 0.25) is 0 Å². The number of nitrogens with one attached hydrogen (secondary N) is 1. The van der Waals surface area contributed by atoms with Gasteiger partial charge in [0, 0.05) is 24.5 Å². The number of aromatic hydroxyl groups is 1. The van der Waals surface area contributed by atoms with E-state index in [4.69, 9.17) is 9.47 Å². The Labute approximate surface area is 194 Å². The molecule has 1 amide bonds. The largest absolute Gasteiger partial charge is 0.506 e. The van der Waals surface area contributed by atoms with Gasteiger partial charge in [0.2, 0.25) is 0 Å². The molecule has 0 spiro atoms. The molecule has 2 aromatic rings. The van der Waals surface area contributed by atoms with Crippen LogP contribution in [-0.4, -0.2) is 60.9 Å². The quantitative estimate of drug-likeness (QED) is 0.437. The van der Waals surface area contributed by atoms with Crippen LogP contribution in [0.3, 0.4) is 0 Å². The van der Waals surface area contributed by atoms with Crippen LogP contribution in [0.5, 0.6) is 17.2 Å². The van der Waals surface area contributed by atoms with Gasteiger partial charge >= 0.3 is 0 Å². The van der Waals surface area contributed by atoms with Gasteiger partial charge in [-0.2, -0.15) is 0 Å². The molecule has 1 aromatic carbocycles. The molecule has 0 aliphatic carbocycles. The Bertz CT molecular complexity index is 1020. The number of benzene rings is 1. The molecule has 2 N–H and O–H groups in total. The highest BCUT2D eigenvalue weighted by atomic mass is 35.5. The van der Waals surface area contributed by atoms with Gasteiger partial charge in [0.1, 0.15) is 11.3 Å². The van der Waals surface area contributed by atoms with Crippen LogP contribution in [0.25, 0.3) is 10.9 Å². The van der Waals surface area contributed by atoms with E-state index >= 15 is 0 Å². The molecule has 0 bridgehead atoms. The number of rotatable bonds is 9. The van der Waals surface area contributed by atoms with Crippen molar-refractivity contribution in [3.05, 3.63) is 40.7 Å². The lowest BCUT2D eigenvalue weighted by Crippen LogP contribution is -2.36. The molecule has 2 heterocycles. The van der Waals surface area contributed by atoms with Gasteiger partial charge in [-0.1, -0.05) is 12.5 Å². The number of amides is 1. The first-order valence-electron chi connectivity index (χ1n) is 10.6. The van der Waals surface area contributed by atoms with Crippen LogP contribution in [-0.2, 0) is 6.54 Å². The van der Waals surface area contributed by atoms with E-state index in [2.05, 4.69) is 16.8 Å². The second kappa shape index (κ2) is 11.8. The van der Waals surface area contributed by atoms with Crippen LogP contribution in [0.15, 0.2) is 29.6 Å². The third-order valence-electron chi connectivity index (χ3n) is 5.67. The first kappa shape index (κ1) is 25.5. The Morgan fingerprint density at radius 3 is 2.47 bits per heavy atom. The summed E-state index contributed by atoms with van der Waals surface area (Å²) in [5.74, 6) is -0.144.